The van der Waals surface area contributed by atoms with E-state index in [0.29, 0.717) is 11.6 Å². The van der Waals surface area contributed by atoms with Crippen molar-refractivity contribution < 1.29 is 0 Å². The zero-order valence-corrected chi connectivity index (χ0v) is 14.1. The van der Waals surface area contributed by atoms with Crippen molar-refractivity contribution in [3.8, 4) is 0 Å². The van der Waals surface area contributed by atoms with Crippen LogP contribution < -0.4 is 5.32 Å². The van der Waals surface area contributed by atoms with Gasteiger partial charge in [-0.2, -0.15) is 0 Å². The second-order valence-corrected chi connectivity index (χ2v) is 6.84. The monoisotopic (exact) mass is 268 g/mol. The second kappa shape index (κ2) is 7.64. The van der Waals surface area contributed by atoms with E-state index in [9.17, 15) is 0 Å². The van der Waals surface area contributed by atoms with Crippen molar-refractivity contribution >= 4 is 0 Å². The van der Waals surface area contributed by atoms with E-state index in [4.69, 9.17) is 0 Å². The summed E-state index contributed by atoms with van der Waals surface area (Å²) in [4.78, 5) is 2.81. The highest BCUT2D eigenvalue weighted by atomic mass is 15.3. The van der Waals surface area contributed by atoms with Crippen LogP contribution in [0.2, 0.25) is 0 Å². The quantitative estimate of drug-likeness (QED) is 0.749. The fourth-order valence-electron chi connectivity index (χ4n) is 3.45. The van der Waals surface area contributed by atoms with Crippen LogP contribution in [0.3, 0.4) is 0 Å². The van der Waals surface area contributed by atoms with Crippen LogP contribution in [0.4, 0.5) is 0 Å². The smallest absolute Gasteiger partial charge is 0.0304 e. The minimum atomic E-state index is 0.353. The molecule has 2 atom stereocenters. The van der Waals surface area contributed by atoms with Crippen molar-refractivity contribution in [2.24, 2.45) is 5.92 Å². The SMILES string of the molecule is CCCCC(C)N1CC(CC)(CC)NCC1C(C)C. The Morgan fingerprint density at radius 3 is 2.26 bits per heavy atom. The third-order valence-corrected chi connectivity index (χ3v) is 5.26. The lowest BCUT2D eigenvalue weighted by Gasteiger charge is -2.51. The van der Waals surface area contributed by atoms with Crippen LogP contribution in [0.25, 0.3) is 0 Å². The molecule has 114 valence electrons. The molecule has 1 saturated heterocycles. The Labute approximate surface area is 121 Å². The van der Waals surface area contributed by atoms with Crippen molar-refractivity contribution in [3.63, 3.8) is 0 Å². The van der Waals surface area contributed by atoms with Crippen LogP contribution >= 0.6 is 0 Å². The molecule has 2 unspecified atom stereocenters. The summed E-state index contributed by atoms with van der Waals surface area (Å²) in [5.41, 5.74) is 0.353. The fraction of sp³-hybridized carbons (Fsp3) is 1.00. The van der Waals surface area contributed by atoms with E-state index >= 15 is 0 Å². The largest absolute Gasteiger partial charge is 0.308 e. The van der Waals surface area contributed by atoms with Gasteiger partial charge < -0.3 is 5.32 Å². The van der Waals surface area contributed by atoms with Gasteiger partial charge >= 0.3 is 0 Å². The average molecular weight is 268 g/mol. The molecule has 0 aromatic rings. The number of nitrogens with zero attached hydrogens (tertiary/aromatic N) is 1. The van der Waals surface area contributed by atoms with Gasteiger partial charge in [0.25, 0.3) is 0 Å². The average Bonchev–Trinajstić information content (AvgIpc) is 2.43. The Bertz CT molecular complexity index is 246. The van der Waals surface area contributed by atoms with Gasteiger partial charge in [0, 0.05) is 30.7 Å². The molecule has 0 saturated carbocycles. The van der Waals surface area contributed by atoms with Crippen LogP contribution in [-0.4, -0.2) is 35.6 Å². The van der Waals surface area contributed by atoms with E-state index in [-0.39, 0.29) is 0 Å². The first-order valence-corrected chi connectivity index (χ1v) is 8.50. The van der Waals surface area contributed by atoms with E-state index in [1.165, 1.54) is 38.6 Å². The van der Waals surface area contributed by atoms with Gasteiger partial charge in [-0.25, -0.2) is 0 Å². The molecular weight excluding hydrogens is 232 g/mol. The van der Waals surface area contributed by atoms with E-state index in [0.717, 1.165) is 18.5 Å². The normalized spacial score (nSPS) is 25.7. The summed E-state index contributed by atoms with van der Waals surface area (Å²) in [6.07, 6.45) is 6.51. The molecule has 1 rings (SSSR count). The molecule has 2 nitrogen and oxygen atoms in total. The van der Waals surface area contributed by atoms with Gasteiger partial charge in [-0.1, -0.05) is 47.5 Å². The first-order valence-electron chi connectivity index (χ1n) is 8.50. The number of rotatable bonds is 7. The van der Waals surface area contributed by atoms with Crippen LogP contribution in [0.5, 0.6) is 0 Å². The number of hydrogen-bond donors (Lipinski definition) is 1. The molecule has 19 heavy (non-hydrogen) atoms. The van der Waals surface area contributed by atoms with E-state index in [1.807, 2.05) is 0 Å². The van der Waals surface area contributed by atoms with Crippen molar-refractivity contribution in [1.82, 2.24) is 10.2 Å². The molecule has 1 aliphatic heterocycles. The standard InChI is InChI=1S/C17H36N2/c1-7-10-11-15(6)19-13-17(8-2,9-3)18-12-16(19)14(4)5/h14-16,18H,7-13H2,1-6H3. The number of nitrogens with one attached hydrogen (secondary N) is 1. The summed E-state index contributed by atoms with van der Waals surface area (Å²) >= 11 is 0. The van der Waals surface area contributed by atoms with E-state index in [2.05, 4.69) is 51.8 Å². The third kappa shape index (κ3) is 4.19. The maximum atomic E-state index is 3.86. The summed E-state index contributed by atoms with van der Waals surface area (Å²) in [7, 11) is 0. The molecule has 1 fully saturated rings. The van der Waals surface area contributed by atoms with Crippen LogP contribution in [0.1, 0.15) is 73.6 Å². The topological polar surface area (TPSA) is 15.3 Å². The lowest BCUT2D eigenvalue weighted by atomic mass is 9.85. The molecule has 0 amide bonds. The van der Waals surface area contributed by atoms with Gasteiger partial charge in [0.05, 0.1) is 0 Å². The maximum Gasteiger partial charge on any atom is 0.0304 e. The van der Waals surface area contributed by atoms with Gasteiger partial charge in [0.15, 0.2) is 0 Å². The van der Waals surface area contributed by atoms with Gasteiger partial charge in [-0.05, 0) is 32.1 Å². The van der Waals surface area contributed by atoms with Crippen LogP contribution in [-0.2, 0) is 0 Å². The molecular formula is C17H36N2. The number of piperazine rings is 1. The van der Waals surface area contributed by atoms with Crippen LogP contribution in [0.15, 0.2) is 0 Å². The molecule has 0 spiro atoms. The maximum absolute atomic E-state index is 3.86. The molecule has 0 bridgehead atoms. The minimum absolute atomic E-state index is 0.353. The van der Waals surface area contributed by atoms with E-state index < -0.39 is 0 Å². The van der Waals surface area contributed by atoms with Gasteiger partial charge in [-0.3, -0.25) is 4.90 Å². The predicted octanol–water partition coefficient (Wildman–Crippen LogP) is 4.05. The van der Waals surface area contributed by atoms with Gasteiger partial charge in [-0.15, -0.1) is 0 Å². The summed E-state index contributed by atoms with van der Waals surface area (Å²) < 4.78 is 0. The van der Waals surface area contributed by atoms with Crippen molar-refractivity contribution in [3.05, 3.63) is 0 Å². The first kappa shape index (κ1) is 17.0. The molecule has 2 heteroatoms. The summed E-state index contributed by atoms with van der Waals surface area (Å²) in [5, 5.41) is 3.86. The zero-order chi connectivity index (χ0) is 14.5. The summed E-state index contributed by atoms with van der Waals surface area (Å²) in [5.74, 6) is 0.739. The molecule has 0 radical (unpaired) electrons. The lowest BCUT2D eigenvalue weighted by Crippen LogP contribution is -2.66. The Kier molecular flexibility index (Phi) is 6.82. The van der Waals surface area contributed by atoms with Crippen molar-refractivity contribution in [1.29, 1.82) is 0 Å². The van der Waals surface area contributed by atoms with Gasteiger partial charge in [0.1, 0.15) is 0 Å². The minimum Gasteiger partial charge on any atom is -0.308 e. The molecule has 1 N–H and O–H groups in total. The highest BCUT2D eigenvalue weighted by molar-refractivity contribution is 4.98. The Morgan fingerprint density at radius 1 is 1.16 bits per heavy atom. The molecule has 0 aromatic carbocycles. The Balaban J connectivity index is 2.78. The third-order valence-electron chi connectivity index (χ3n) is 5.26. The van der Waals surface area contributed by atoms with E-state index in [1.54, 1.807) is 0 Å². The number of unbranched alkanes of at least 4 members (excludes halogenated alkanes) is 1. The molecule has 0 aliphatic carbocycles. The summed E-state index contributed by atoms with van der Waals surface area (Å²) in [6.45, 7) is 16.5. The lowest BCUT2D eigenvalue weighted by molar-refractivity contribution is 0.0189. The second-order valence-electron chi connectivity index (χ2n) is 6.84. The fourth-order valence-corrected chi connectivity index (χ4v) is 3.45. The molecule has 1 aliphatic rings. The number of hydrogen-bond acceptors (Lipinski definition) is 2. The molecule has 0 aromatic heterocycles. The van der Waals surface area contributed by atoms with Crippen molar-refractivity contribution in [2.75, 3.05) is 13.1 Å². The zero-order valence-electron chi connectivity index (χ0n) is 14.1. The predicted molar refractivity (Wildman–Crippen MR) is 85.6 cm³/mol. The molecule has 1 heterocycles. The van der Waals surface area contributed by atoms with Crippen molar-refractivity contribution in [2.45, 2.75) is 91.3 Å². The summed E-state index contributed by atoms with van der Waals surface area (Å²) in [6, 6.07) is 1.44. The highest BCUT2D eigenvalue weighted by Crippen LogP contribution is 2.28. The highest BCUT2D eigenvalue weighted by Gasteiger charge is 2.39. The Morgan fingerprint density at radius 2 is 1.79 bits per heavy atom. The first-order chi connectivity index (χ1) is 8.99. The van der Waals surface area contributed by atoms with Crippen LogP contribution in [0, 0.1) is 5.92 Å². The van der Waals surface area contributed by atoms with Gasteiger partial charge in [0.2, 0.25) is 0 Å². The Hall–Kier alpha value is -0.0800.